The van der Waals surface area contributed by atoms with Crippen LogP contribution in [0.5, 0.6) is 0 Å². The van der Waals surface area contributed by atoms with Crippen molar-refractivity contribution >= 4 is 28.2 Å². The second-order valence-electron chi connectivity index (χ2n) is 6.89. The van der Waals surface area contributed by atoms with Gasteiger partial charge < -0.3 is 0 Å². The molecular formula is C19H20N6S2. The van der Waals surface area contributed by atoms with Crippen LogP contribution in [0.4, 0.5) is 0 Å². The normalized spacial score (nSPS) is 19.1. The number of hydrogen-bond acceptors (Lipinski definition) is 7. The summed E-state index contributed by atoms with van der Waals surface area (Å²) < 4.78 is 1.91. The van der Waals surface area contributed by atoms with E-state index in [4.69, 9.17) is 0 Å². The minimum atomic E-state index is 0.239. The van der Waals surface area contributed by atoms with Gasteiger partial charge in [-0.1, -0.05) is 11.3 Å². The number of fused-ring (bicyclic) bond motifs is 1. The van der Waals surface area contributed by atoms with Crippen LogP contribution < -0.4 is 0 Å². The molecule has 1 atom stereocenters. The van der Waals surface area contributed by atoms with E-state index in [0.717, 1.165) is 37.4 Å². The number of rotatable bonds is 4. The van der Waals surface area contributed by atoms with Gasteiger partial charge in [-0.25, -0.2) is 9.50 Å². The van der Waals surface area contributed by atoms with E-state index in [1.54, 1.807) is 22.7 Å². The van der Waals surface area contributed by atoms with Gasteiger partial charge in [0.1, 0.15) is 10.7 Å². The Balaban J connectivity index is 1.43. The zero-order chi connectivity index (χ0) is 18.2. The standard InChI is InChI=1S/C19H20N6S2/c1-23-6-7-24(12-18-20-5-9-27-18)11-17(23)19-16-3-2-14(10-25(16)22-21-19)15-4-8-26-13-15/h2-5,8-10,13,17H,6-7,11-12H2,1H3/t17-/m0/s1. The molecule has 1 fully saturated rings. The number of nitrogens with zero attached hydrogens (tertiary/aromatic N) is 6. The maximum atomic E-state index is 4.56. The van der Waals surface area contributed by atoms with E-state index >= 15 is 0 Å². The van der Waals surface area contributed by atoms with Gasteiger partial charge in [-0.3, -0.25) is 9.80 Å². The van der Waals surface area contributed by atoms with Crippen LogP contribution in [0.25, 0.3) is 16.6 Å². The Hall–Kier alpha value is -2.13. The number of thiophene rings is 1. The van der Waals surface area contributed by atoms with Crippen molar-refractivity contribution < 1.29 is 0 Å². The Kier molecular flexibility index (Phi) is 4.48. The summed E-state index contributed by atoms with van der Waals surface area (Å²) in [6, 6.07) is 6.69. The van der Waals surface area contributed by atoms with Crippen molar-refractivity contribution in [2.24, 2.45) is 0 Å². The van der Waals surface area contributed by atoms with E-state index in [1.807, 2.05) is 16.1 Å². The lowest BCUT2D eigenvalue weighted by Gasteiger charge is -2.38. The highest BCUT2D eigenvalue weighted by atomic mass is 32.1. The second kappa shape index (κ2) is 7.12. The molecule has 6 nitrogen and oxygen atoms in total. The molecule has 0 aliphatic carbocycles. The van der Waals surface area contributed by atoms with Crippen LogP contribution in [-0.2, 0) is 6.54 Å². The van der Waals surface area contributed by atoms with Crippen LogP contribution in [0.15, 0.2) is 46.7 Å². The van der Waals surface area contributed by atoms with Crippen molar-refractivity contribution in [1.82, 2.24) is 29.6 Å². The second-order valence-corrected chi connectivity index (χ2v) is 8.65. The van der Waals surface area contributed by atoms with Crippen molar-refractivity contribution in [3.8, 4) is 11.1 Å². The van der Waals surface area contributed by atoms with Gasteiger partial charge in [-0.2, -0.15) is 11.3 Å². The molecule has 5 rings (SSSR count). The highest BCUT2D eigenvalue weighted by Gasteiger charge is 2.29. The van der Waals surface area contributed by atoms with Crippen molar-refractivity contribution in [2.45, 2.75) is 12.6 Å². The minimum Gasteiger partial charge on any atom is -0.295 e. The number of piperazine rings is 1. The average Bonchev–Trinajstić information content (AvgIpc) is 3.44. The van der Waals surface area contributed by atoms with Gasteiger partial charge in [0.2, 0.25) is 0 Å². The highest BCUT2D eigenvalue weighted by Crippen LogP contribution is 2.29. The average molecular weight is 397 g/mol. The summed E-state index contributed by atoms with van der Waals surface area (Å²) in [5, 5.41) is 16.4. The molecule has 0 aromatic carbocycles. The lowest BCUT2D eigenvalue weighted by atomic mass is 10.1. The lowest BCUT2D eigenvalue weighted by Crippen LogP contribution is -2.46. The van der Waals surface area contributed by atoms with Gasteiger partial charge in [-0.05, 0) is 35.5 Å². The molecule has 0 spiro atoms. The number of thiazole rings is 1. The van der Waals surface area contributed by atoms with Gasteiger partial charge in [-0.15, -0.1) is 16.4 Å². The monoisotopic (exact) mass is 396 g/mol. The Morgan fingerprint density at radius 2 is 2.11 bits per heavy atom. The minimum absolute atomic E-state index is 0.239. The van der Waals surface area contributed by atoms with Crippen LogP contribution >= 0.6 is 22.7 Å². The van der Waals surface area contributed by atoms with Crippen molar-refractivity contribution in [3.63, 3.8) is 0 Å². The molecule has 4 aromatic rings. The molecular weight excluding hydrogens is 376 g/mol. The third-order valence-electron chi connectivity index (χ3n) is 5.18. The van der Waals surface area contributed by atoms with Gasteiger partial charge in [0.25, 0.3) is 0 Å². The molecule has 0 saturated carbocycles. The number of likely N-dealkylation sites (N-methyl/N-ethyl adjacent to an activating group) is 1. The molecule has 1 aliphatic heterocycles. The largest absolute Gasteiger partial charge is 0.295 e. The smallest absolute Gasteiger partial charge is 0.109 e. The Labute approximate surface area is 165 Å². The molecule has 0 radical (unpaired) electrons. The van der Waals surface area contributed by atoms with Crippen LogP contribution in [0, 0.1) is 0 Å². The van der Waals surface area contributed by atoms with Crippen molar-refractivity contribution in [3.05, 3.63) is 57.4 Å². The molecule has 8 heteroatoms. The molecule has 4 aromatic heterocycles. The summed E-state index contributed by atoms with van der Waals surface area (Å²) >= 11 is 3.43. The summed E-state index contributed by atoms with van der Waals surface area (Å²) in [4.78, 5) is 9.28. The molecule has 1 saturated heterocycles. The van der Waals surface area contributed by atoms with E-state index in [2.05, 4.69) is 67.3 Å². The maximum Gasteiger partial charge on any atom is 0.109 e. The number of pyridine rings is 1. The zero-order valence-electron chi connectivity index (χ0n) is 15.0. The van der Waals surface area contributed by atoms with Gasteiger partial charge >= 0.3 is 0 Å². The molecule has 0 bridgehead atoms. The van der Waals surface area contributed by atoms with Crippen LogP contribution in [0.2, 0.25) is 0 Å². The summed E-state index contributed by atoms with van der Waals surface area (Å²) in [5.74, 6) is 0. The highest BCUT2D eigenvalue weighted by molar-refractivity contribution is 7.09. The zero-order valence-corrected chi connectivity index (χ0v) is 16.7. The molecule has 1 aliphatic rings. The first-order valence-electron chi connectivity index (χ1n) is 8.96. The van der Waals surface area contributed by atoms with Crippen molar-refractivity contribution in [1.29, 1.82) is 0 Å². The Bertz CT molecular complexity index is 1020. The first-order chi connectivity index (χ1) is 13.3. The van der Waals surface area contributed by atoms with Crippen LogP contribution in [0.1, 0.15) is 16.7 Å². The fraction of sp³-hybridized carbons (Fsp3) is 0.316. The third kappa shape index (κ3) is 3.29. The molecule has 0 N–H and O–H groups in total. The number of hydrogen-bond donors (Lipinski definition) is 0. The summed E-state index contributed by atoms with van der Waals surface area (Å²) in [5.41, 5.74) is 4.53. The number of aromatic nitrogens is 4. The van der Waals surface area contributed by atoms with Crippen molar-refractivity contribution in [2.75, 3.05) is 26.7 Å². The van der Waals surface area contributed by atoms with Crippen LogP contribution in [-0.4, -0.2) is 56.3 Å². The molecule has 27 heavy (non-hydrogen) atoms. The van der Waals surface area contributed by atoms with Gasteiger partial charge in [0.05, 0.1) is 18.1 Å². The van der Waals surface area contributed by atoms with Gasteiger partial charge in [0, 0.05) is 43.0 Å². The quantitative estimate of drug-likeness (QED) is 0.529. The first kappa shape index (κ1) is 17.0. The topological polar surface area (TPSA) is 49.6 Å². The first-order valence-corrected chi connectivity index (χ1v) is 10.8. The SMILES string of the molecule is CN1CCN(Cc2nccs2)C[C@H]1c1nnn2cc(-c3ccsc3)ccc12. The molecule has 0 unspecified atom stereocenters. The van der Waals surface area contributed by atoms with Crippen LogP contribution in [0.3, 0.4) is 0 Å². The van der Waals surface area contributed by atoms with Gasteiger partial charge in [0.15, 0.2) is 0 Å². The predicted molar refractivity (Wildman–Crippen MR) is 109 cm³/mol. The summed E-state index contributed by atoms with van der Waals surface area (Å²) in [7, 11) is 2.18. The Morgan fingerprint density at radius 3 is 2.93 bits per heavy atom. The Morgan fingerprint density at radius 1 is 1.15 bits per heavy atom. The van der Waals surface area contributed by atoms with E-state index in [1.165, 1.54) is 16.1 Å². The molecule has 5 heterocycles. The third-order valence-corrected chi connectivity index (χ3v) is 6.63. The van der Waals surface area contributed by atoms with E-state index in [9.17, 15) is 0 Å². The van der Waals surface area contributed by atoms with E-state index in [0.29, 0.717) is 0 Å². The van der Waals surface area contributed by atoms with E-state index in [-0.39, 0.29) is 6.04 Å². The predicted octanol–water partition coefficient (Wildman–Crippen LogP) is 3.40. The molecule has 138 valence electrons. The maximum absolute atomic E-state index is 4.56. The fourth-order valence-electron chi connectivity index (χ4n) is 3.64. The van der Waals surface area contributed by atoms with E-state index < -0.39 is 0 Å². The lowest BCUT2D eigenvalue weighted by molar-refractivity contribution is 0.0889. The summed E-state index contributed by atoms with van der Waals surface area (Å²) in [6.45, 7) is 3.91. The summed E-state index contributed by atoms with van der Waals surface area (Å²) in [6.07, 6.45) is 3.95. The fourth-order valence-corrected chi connectivity index (χ4v) is 4.96. The molecule has 0 amide bonds.